The first-order valence-electron chi connectivity index (χ1n) is 6.25. The van der Waals surface area contributed by atoms with Gasteiger partial charge in [0.05, 0.1) is 15.1 Å². The maximum Gasteiger partial charge on any atom is 0.271 e. The van der Waals surface area contributed by atoms with Crippen molar-refractivity contribution in [1.82, 2.24) is 10.3 Å². The Labute approximate surface area is 114 Å². The summed E-state index contributed by atoms with van der Waals surface area (Å²) in [6, 6.07) is 4.87. The van der Waals surface area contributed by atoms with Gasteiger partial charge in [-0.3, -0.25) is 10.1 Å². The van der Waals surface area contributed by atoms with Crippen molar-refractivity contribution in [1.29, 1.82) is 0 Å². The fourth-order valence-electron chi connectivity index (χ4n) is 2.19. The predicted molar refractivity (Wildman–Crippen MR) is 76.0 cm³/mol. The summed E-state index contributed by atoms with van der Waals surface area (Å²) in [5.41, 5.74) is 0.813. The SMILES string of the molecule is O=[N+]([O-])c1ccc2sc(N3CCCNCC3)nc2c1. The van der Waals surface area contributed by atoms with Gasteiger partial charge in [-0.25, -0.2) is 4.98 Å². The molecule has 1 aliphatic rings. The Morgan fingerprint density at radius 3 is 3.11 bits per heavy atom. The molecule has 1 fully saturated rings. The van der Waals surface area contributed by atoms with Gasteiger partial charge in [-0.15, -0.1) is 0 Å². The number of hydrogen-bond acceptors (Lipinski definition) is 6. The quantitative estimate of drug-likeness (QED) is 0.672. The van der Waals surface area contributed by atoms with Crippen LogP contribution < -0.4 is 10.2 Å². The molecule has 2 aromatic rings. The van der Waals surface area contributed by atoms with Gasteiger partial charge in [0, 0.05) is 31.8 Å². The van der Waals surface area contributed by atoms with E-state index in [1.54, 1.807) is 23.5 Å². The number of nitrogens with one attached hydrogen (secondary N) is 1. The van der Waals surface area contributed by atoms with Gasteiger partial charge in [0.1, 0.15) is 0 Å². The van der Waals surface area contributed by atoms with Crippen molar-refractivity contribution in [2.75, 3.05) is 31.1 Å². The highest BCUT2D eigenvalue weighted by Gasteiger charge is 2.15. The average molecular weight is 278 g/mol. The van der Waals surface area contributed by atoms with Crippen LogP contribution in [0.25, 0.3) is 10.2 Å². The molecule has 1 aromatic carbocycles. The van der Waals surface area contributed by atoms with Crippen LogP contribution in [0, 0.1) is 10.1 Å². The summed E-state index contributed by atoms with van der Waals surface area (Å²) >= 11 is 1.60. The zero-order valence-corrected chi connectivity index (χ0v) is 11.2. The fraction of sp³-hybridized carbons (Fsp3) is 0.417. The number of nitrogens with zero attached hydrogens (tertiary/aromatic N) is 3. The molecule has 7 heteroatoms. The Kier molecular flexibility index (Phi) is 3.31. The lowest BCUT2D eigenvalue weighted by Crippen LogP contribution is -2.27. The molecular weight excluding hydrogens is 264 g/mol. The second kappa shape index (κ2) is 5.10. The summed E-state index contributed by atoms with van der Waals surface area (Å²) in [6.45, 7) is 3.90. The van der Waals surface area contributed by atoms with Crippen LogP contribution >= 0.6 is 11.3 Å². The number of non-ortho nitro benzene ring substituents is 1. The Morgan fingerprint density at radius 1 is 1.37 bits per heavy atom. The lowest BCUT2D eigenvalue weighted by molar-refractivity contribution is -0.384. The van der Waals surface area contributed by atoms with Gasteiger partial charge >= 0.3 is 0 Å². The maximum absolute atomic E-state index is 10.8. The molecule has 19 heavy (non-hydrogen) atoms. The first kappa shape index (κ1) is 12.3. The van der Waals surface area contributed by atoms with Crippen molar-refractivity contribution in [3.05, 3.63) is 28.3 Å². The van der Waals surface area contributed by atoms with Crippen molar-refractivity contribution < 1.29 is 4.92 Å². The van der Waals surface area contributed by atoms with Gasteiger partial charge in [0.2, 0.25) is 0 Å². The molecule has 0 atom stereocenters. The topological polar surface area (TPSA) is 71.3 Å². The highest BCUT2D eigenvalue weighted by atomic mass is 32.1. The molecular formula is C12H14N4O2S. The number of anilines is 1. The molecule has 1 saturated heterocycles. The molecule has 1 aromatic heterocycles. The monoisotopic (exact) mass is 278 g/mol. The number of fused-ring (bicyclic) bond motifs is 1. The van der Waals surface area contributed by atoms with E-state index >= 15 is 0 Å². The highest BCUT2D eigenvalue weighted by Crippen LogP contribution is 2.31. The van der Waals surface area contributed by atoms with E-state index in [1.807, 2.05) is 0 Å². The molecule has 2 heterocycles. The van der Waals surface area contributed by atoms with E-state index in [4.69, 9.17) is 0 Å². The minimum atomic E-state index is -0.381. The van der Waals surface area contributed by atoms with Crippen molar-refractivity contribution in [2.45, 2.75) is 6.42 Å². The molecule has 0 radical (unpaired) electrons. The number of aromatic nitrogens is 1. The Hall–Kier alpha value is -1.73. The third kappa shape index (κ3) is 2.52. The summed E-state index contributed by atoms with van der Waals surface area (Å²) in [5.74, 6) is 0. The number of thiazole rings is 1. The van der Waals surface area contributed by atoms with E-state index in [-0.39, 0.29) is 10.6 Å². The van der Waals surface area contributed by atoms with E-state index < -0.39 is 0 Å². The van der Waals surface area contributed by atoms with Gasteiger partial charge in [-0.1, -0.05) is 11.3 Å². The average Bonchev–Trinajstić information content (AvgIpc) is 2.64. The maximum atomic E-state index is 10.8. The van der Waals surface area contributed by atoms with Crippen LogP contribution in [0.5, 0.6) is 0 Å². The van der Waals surface area contributed by atoms with E-state index in [9.17, 15) is 10.1 Å². The van der Waals surface area contributed by atoms with E-state index in [1.165, 1.54) is 6.07 Å². The van der Waals surface area contributed by atoms with Crippen LogP contribution in [0.2, 0.25) is 0 Å². The van der Waals surface area contributed by atoms with Crippen molar-refractivity contribution in [3.8, 4) is 0 Å². The summed E-state index contributed by atoms with van der Waals surface area (Å²) in [7, 11) is 0. The predicted octanol–water partition coefficient (Wildman–Crippen LogP) is 2.00. The van der Waals surface area contributed by atoms with Gasteiger partial charge in [0.25, 0.3) is 5.69 Å². The largest absolute Gasteiger partial charge is 0.347 e. The first-order valence-corrected chi connectivity index (χ1v) is 7.06. The van der Waals surface area contributed by atoms with Crippen LogP contribution in [-0.2, 0) is 0 Å². The zero-order valence-electron chi connectivity index (χ0n) is 10.3. The van der Waals surface area contributed by atoms with Gasteiger partial charge < -0.3 is 10.2 Å². The molecule has 6 nitrogen and oxygen atoms in total. The van der Waals surface area contributed by atoms with Gasteiger partial charge in [-0.05, 0) is 19.0 Å². The number of nitro groups is 1. The smallest absolute Gasteiger partial charge is 0.271 e. The van der Waals surface area contributed by atoms with Crippen LogP contribution in [0.4, 0.5) is 10.8 Å². The normalized spacial score (nSPS) is 16.5. The minimum absolute atomic E-state index is 0.0990. The molecule has 100 valence electrons. The Morgan fingerprint density at radius 2 is 2.26 bits per heavy atom. The summed E-state index contributed by atoms with van der Waals surface area (Å²) < 4.78 is 0.998. The summed E-state index contributed by atoms with van der Waals surface area (Å²) in [5, 5.41) is 15.1. The van der Waals surface area contributed by atoms with E-state index in [2.05, 4.69) is 15.2 Å². The number of nitro benzene ring substituents is 1. The Balaban J connectivity index is 1.94. The summed E-state index contributed by atoms with van der Waals surface area (Å²) in [4.78, 5) is 17.2. The Bertz CT molecular complexity index is 605. The lowest BCUT2D eigenvalue weighted by Gasteiger charge is -2.17. The number of rotatable bonds is 2. The number of benzene rings is 1. The third-order valence-electron chi connectivity index (χ3n) is 3.18. The molecule has 0 amide bonds. The number of hydrogen-bond donors (Lipinski definition) is 1. The van der Waals surface area contributed by atoms with E-state index in [0.29, 0.717) is 5.52 Å². The van der Waals surface area contributed by atoms with Gasteiger partial charge in [-0.2, -0.15) is 0 Å². The minimum Gasteiger partial charge on any atom is -0.347 e. The second-order valence-corrected chi connectivity index (χ2v) is 5.51. The molecule has 0 spiro atoms. The van der Waals surface area contributed by atoms with Crippen LogP contribution in [0.1, 0.15) is 6.42 Å². The van der Waals surface area contributed by atoms with Crippen molar-refractivity contribution in [2.24, 2.45) is 0 Å². The third-order valence-corrected chi connectivity index (χ3v) is 4.28. The zero-order chi connectivity index (χ0) is 13.2. The van der Waals surface area contributed by atoms with Crippen LogP contribution in [0.15, 0.2) is 18.2 Å². The van der Waals surface area contributed by atoms with Crippen molar-refractivity contribution in [3.63, 3.8) is 0 Å². The molecule has 0 unspecified atom stereocenters. The summed E-state index contributed by atoms with van der Waals surface area (Å²) in [6.07, 6.45) is 1.09. The first-order chi connectivity index (χ1) is 9.24. The van der Waals surface area contributed by atoms with Gasteiger partial charge in [0.15, 0.2) is 5.13 Å². The van der Waals surface area contributed by atoms with Crippen LogP contribution in [0.3, 0.4) is 0 Å². The molecule has 1 aliphatic heterocycles. The molecule has 3 rings (SSSR count). The van der Waals surface area contributed by atoms with E-state index in [0.717, 1.165) is 42.4 Å². The molecule has 1 N–H and O–H groups in total. The molecule has 0 aliphatic carbocycles. The van der Waals surface area contributed by atoms with Crippen LogP contribution in [-0.4, -0.2) is 36.1 Å². The lowest BCUT2D eigenvalue weighted by atomic mass is 10.3. The fourth-order valence-corrected chi connectivity index (χ4v) is 3.19. The second-order valence-electron chi connectivity index (χ2n) is 4.50. The molecule has 0 bridgehead atoms. The highest BCUT2D eigenvalue weighted by molar-refractivity contribution is 7.22. The molecule has 0 saturated carbocycles. The standard InChI is InChI=1S/C12H14N4O2S/c17-16(18)9-2-3-11-10(8-9)14-12(19-11)15-6-1-4-13-5-7-15/h2-3,8,13H,1,4-7H2. The van der Waals surface area contributed by atoms with Crippen molar-refractivity contribution >= 4 is 32.4 Å².